The summed E-state index contributed by atoms with van der Waals surface area (Å²) in [6, 6.07) is 8.36. The highest BCUT2D eigenvalue weighted by atomic mass is 19.1. The molecule has 0 amide bonds. The fraction of sp³-hybridized carbons (Fsp3) is 0. The van der Waals surface area contributed by atoms with Crippen molar-refractivity contribution in [3.63, 3.8) is 0 Å². The van der Waals surface area contributed by atoms with Crippen LogP contribution < -0.4 is 0 Å². The molecule has 0 unspecified atom stereocenters. The van der Waals surface area contributed by atoms with E-state index in [2.05, 4.69) is 15.0 Å². The summed E-state index contributed by atoms with van der Waals surface area (Å²) >= 11 is 0. The number of pyridine rings is 1. The SMILES string of the molecule is O=Cc1ccc(-c2cncc(-c3cncc(F)c3)n2)cc1. The number of carbonyl (C=O) groups is 1. The first-order valence-electron chi connectivity index (χ1n) is 6.25. The maximum absolute atomic E-state index is 13.2. The van der Waals surface area contributed by atoms with Gasteiger partial charge in [0.2, 0.25) is 0 Å². The minimum absolute atomic E-state index is 0.421. The summed E-state index contributed by atoms with van der Waals surface area (Å²) in [5.74, 6) is -0.421. The molecule has 102 valence electrons. The standard InChI is InChI=1S/C16H10FN3O/c17-14-5-13(6-18-7-14)16-9-19-8-15(20-16)12-3-1-11(10-21)2-4-12/h1-10H. The van der Waals surface area contributed by atoms with E-state index >= 15 is 0 Å². The molecule has 5 heteroatoms. The van der Waals surface area contributed by atoms with Crippen LogP contribution in [0.2, 0.25) is 0 Å². The third-order valence-corrected chi connectivity index (χ3v) is 2.98. The number of benzene rings is 1. The van der Waals surface area contributed by atoms with Crippen molar-refractivity contribution >= 4 is 6.29 Å². The Labute approximate surface area is 120 Å². The van der Waals surface area contributed by atoms with E-state index in [-0.39, 0.29) is 0 Å². The first-order valence-corrected chi connectivity index (χ1v) is 6.25. The summed E-state index contributed by atoms with van der Waals surface area (Å²) in [5.41, 5.74) is 3.18. The van der Waals surface area contributed by atoms with Gasteiger partial charge in [0.15, 0.2) is 0 Å². The molecule has 2 aromatic heterocycles. The van der Waals surface area contributed by atoms with E-state index in [9.17, 15) is 9.18 Å². The first kappa shape index (κ1) is 13.1. The maximum Gasteiger partial charge on any atom is 0.150 e. The number of hydrogen-bond donors (Lipinski definition) is 0. The van der Waals surface area contributed by atoms with Crippen LogP contribution in [0.15, 0.2) is 55.1 Å². The minimum Gasteiger partial charge on any atom is -0.298 e. The number of rotatable bonds is 3. The molecule has 0 radical (unpaired) electrons. The van der Waals surface area contributed by atoms with Crippen LogP contribution in [0.25, 0.3) is 22.5 Å². The largest absolute Gasteiger partial charge is 0.298 e. The van der Waals surface area contributed by atoms with Gasteiger partial charge in [-0.1, -0.05) is 24.3 Å². The average Bonchev–Trinajstić information content (AvgIpc) is 2.55. The summed E-state index contributed by atoms with van der Waals surface area (Å²) in [4.78, 5) is 23.0. The molecule has 3 rings (SSSR count). The molecule has 0 aliphatic heterocycles. The van der Waals surface area contributed by atoms with Gasteiger partial charge in [-0.2, -0.15) is 0 Å². The Hall–Kier alpha value is -2.95. The number of nitrogens with zero attached hydrogens (tertiary/aromatic N) is 3. The normalized spacial score (nSPS) is 10.3. The van der Waals surface area contributed by atoms with Gasteiger partial charge in [0.25, 0.3) is 0 Å². The highest BCUT2D eigenvalue weighted by molar-refractivity contribution is 5.76. The Morgan fingerprint density at radius 2 is 1.52 bits per heavy atom. The Morgan fingerprint density at radius 3 is 2.19 bits per heavy atom. The van der Waals surface area contributed by atoms with Crippen molar-refractivity contribution in [1.82, 2.24) is 15.0 Å². The predicted molar refractivity (Wildman–Crippen MR) is 76.0 cm³/mol. The summed E-state index contributed by atoms with van der Waals surface area (Å²) < 4.78 is 13.2. The maximum atomic E-state index is 13.2. The van der Waals surface area contributed by atoms with Crippen molar-refractivity contribution in [2.24, 2.45) is 0 Å². The lowest BCUT2D eigenvalue weighted by atomic mass is 10.1. The van der Waals surface area contributed by atoms with Crippen LogP contribution in [0.3, 0.4) is 0 Å². The summed E-state index contributed by atoms with van der Waals surface area (Å²) in [5, 5.41) is 0. The van der Waals surface area contributed by atoms with Crippen molar-refractivity contribution < 1.29 is 9.18 Å². The van der Waals surface area contributed by atoms with Crippen LogP contribution in [-0.4, -0.2) is 21.2 Å². The van der Waals surface area contributed by atoms with Crippen molar-refractivity contribution in [1.29, 1.82) is 0 Å². The lowest BCUT2D eigenvalue weighted by molar-refractivity contribution is 0.112. The van der Waals surface area contributed by atoms with E-state index in [1.807, 2.05) is 0 Å². The average molecular weight is 279 g/mol. The van der Waals surface area contributed by atoms with Crippen LogP contribution in [0.4, 0.5) is 4.39 Å². The van der Waals surface area contributed by atoms with Gasteiger partial charge in [-0.25, -0.2) is 9.37 Å². The van der Waals surface area contributed by atoms with Crippen molar-refractivity contribution in [3.8, 4) is 22.5 Å². The third-order valence-electron chi connectivity index (χ3n) is 2.98. The Balaban J connectivity index is 2.01. The minimum atomic E-state index is -0.421. The topological polar surface area (TPSA) is 55.7 Å². The van der Waals surface area contributed by atoms with E-state index in [0.717, 1.165) is 18.0 Å². The molecule has 0 atom stereocenters. The van der Waals surface area contributed by atoms with Gasteiger partial charge < -0.3 is 0 Å². The molecule has 1 aromatic carbocycles. The van der Waals surface area contributed by atoms with Gasteiger partial charge in [0.1, 0.15) is 12.1 Å². The van der Waals surface area contributed by atoms with Crippen molar-refractivity contribution in [2.75, 3.05) is 0 Å². The fourth-order valence-corrected chi connectivity index (χ4v) is 1.93. The third kappa shape index (κ3) is 2.81. The lowest BCUT2D eigenvalue weighted by Gasteiger charge is -2.04. The van der Waals surface area contributed by atoms with Crippen LogP contribution >= 0.6 is 0 Å². The van der Waals surface area contributed by atoms with Gasteiger partial charge in [-0.15, -0.1) is 0 Å². The van der Waals surface area contributed by atoms with Crippen LogP contribution in [0.1, 0.15) is 10.4 Å². The van der Waals surface area contributed by atoms with Crippen LogP contribution in [0.5, 0.6) is 0 Å². The van der Waals surface area contributed by atoms with Gasteiger partial charge in [-0.3, -0.25) is 14.8 Å². The molecular weight excluding hydrogens is 269 g/mol. The van der Waals surface area contributed by atoms with Gasteiger partial charge in [0.05, 0.1) is 30.0 Å². The molecule has 0 saturated carbocycles. The number of aromatic nitrogens is 3. The van der Waals surface area contributed by atoms with E-state index < -0.39 is 5.82 Å². The molecule has 0 aliphatic carbocycles. The van der Waals surface area contributed by atoms with E-state index in [1.165, 1.54) is 12.3 Å². The zero-order valence-electron chi connectivity index (χ0n) is 10.9. The highest BCUT2D eigenvalue weighted by Crippen LogP contribution is 2.21. The molecule has 0 fully saturated rings. The molecule has 2 heterocycles. The zero-order chi connectivity index (χ0) is 14.7. The van der Waals surface area contributed by atoms with Gasteiger partial charge >= 0.3 is 0 Å². The monoisotopic (exact) mass is 279 g/mol. The second-order valence-electron chi connectivity index (χ2n) is 4.42. The molecular formula is C16H10FN3O. The molecule has 21 heavy (non-hydrogen) atoms. The lowest BCUT2D eigenvalue weighted by Crippen LogP contribution is -1.92. The smallest absolute Gasteiger partial charge is 0.150 e. The number of aldehydes is 1. The van der Waals surface area contributed by atoms with Crippen LogP contribution in [-0.2, 0) is 0 Å². The second-order valence-corrected chi connectivity index (χ2v) is 4.42. The molecule has 0 aliphatic rings. The fourth-order valence-electron chi connectivity index (χ4n) is 1.93. The summed E-state index contributed by atoms with van der Waals surface area (Å²) in [6.07, 6.45) is 6.63. The molecule has 4 nitrogen and oxygen atoms in total. The molecule has 0 saturated heterocycles. The summed E-state index contributed by atoms with van der Waals surface area (Å²) in [7, 11) is 0. The van der Waals surface area contributed by atoms with Crippen molar-refractivity contribution in [2.45, 2.75) is 0 Å². The second kappa shape index (κ2) is 5.58. The first-order chi connectivity index (χ1) is 10.3. The number of halogens is 1. The zero-order valence-corrected chi connectivity index (χ0v) is 10.9. The Morgan fingerprint density at radius 1 is 0.857 bits per heavy atom. The Kier molecular flexibility index (Phi) is 3.47. The van der Waals surface area contributed by atoms with E-state index in [1.54, 1.807) is 36.7 Å². The molecule has 0 spiro atoms. The van der Waals surface area contributed by atoms with Gasteiger partial charge in [0, 0.05) is 22.9 Å². The summed E-state index contributed by atoms with van der Waals surface area (Å²) in [6.45, 7) is 0. The highest BCUT2D eigenvalue weighted by Gasteiger charge is 2.05. The molecule has 0 N–H and O–H groups in total. The quantitative estimate of drug-likeness (QED) is 0.691. The number of carbonyl (C=O) groups excluding carboxylic acids is 1. The van der Waals surface area contributed by atoms with Crippen LogP contribution in [0, 0.1) is 5.82 Å². The number of hydrogen-bond acceptors (Lipinski definition) is 4. The molecule has 3 aromatic rings. The van der Waals surface area contributed by atoms with Gasteiger partial charge in [-0.05, 0) is 6.07 Å². The van der Waals surface area contributed by atoms with Crippen molar-refractivity contribution in [3.05, 3.63) is 66.5 Å². The predicted octanol–water partition coefficient (Wildman–Crippen LogP) is 3.16. The van der Waals surface area contributed by atoms with E-state index in [4.69, 9.17) is 0 Å². The molecule has 0 bridgehead atoms. The Bertz CT molecular complexity index is 788. The van der Waals surface area contributed by atoms with E-state index in [0.29, 0.717) is 22.5 Å².